The Morgan fingerprint density at radius 2 is 2.00 bits per heavy atom. The van der Waals surface area contributed by atoms with Crippen molar-refractivity contribution < 1.29 is 4.52 Å². The van der Waals surface area contributed by atoms with Crippen molar-refractivity contribution in [3.05, 3.63) is 30.3 Å². The van der Waals surface area contributed by atoms with Crippen LogP contribution in [0.2, 0.25) is 0 Å². The summed E-state index contributed by atoms with van der Waals surface area (Å²) in [5.74, 6) is 1.36. The number of aromatic nitrogens is 3. The van der Waals surface area contributed by atoms with Gasteiger partial charge >= 0.3 is 0 Å². The second-order valence-corrected chi connectivity index (χ2v) is 6.01. The third-order valence-electron chi connectivity index (χ3n) is 4.71. The second kappa shape index (κ2) is 5.56. The van der Waals surface area contributed by atoms with Crippen LogP contribution in [0, 0.1) is 0 Å². The fraction of sp³-hybridized carbons (Fsp3) is 0.562. The van der Waals surface area contributed by atoms with E-state index >= 15 is 0 Å². The number of pyridine rings is 1. The van der Waals surface area contributed by atoms with Gasteiger partial charge in [0.2, 0.25) is 11.7 Å². The van der Waals surface area contributed by atoms with Gasteiger partial charge in [-0.1, -0.05) is 24.1 Å². The number of hydrogen-bond donors (Lipinski definition) is 0. The van der Waals surface area contributed by atoms with Crippen LogP contribution >= 0.6 is 0 Å². The van der Waals surface area contributed by atoms with Gasteiger partial charge in [0.15, 0.2) is 0 Å². The molecule has 0 amide bonds. The Morgan fingerprint density at radius 3 is 2.81 bits per heavy atom. The monoisotopic (exact) mass is 284 g/mol. The summed E-state index contributed by atoms with van der Waals surface area (Å²) in [5.41, 5.74) is 0.776. The molecule has 0 unspecified atom stereocenters. The molecule has 2 aliphatic rings. The van der Waals surface area contributed by atoms with Crippen molar-refractivity contribution in [2.75, 3.05) is 6.54 Å². The van der Waals surface area contributed by atoms with Gasteiger partial charge in [-0.05, 0) is 44.4 Å². The van der Waals surface area contributed by atoms with Crippen LogP contribution in [0.3, 0.4) is 0 Å². The molecule has 0 aromatic carbocycles. The van der Waals surface area contributed by atoms with Crippen molar-refractivity contribution in [3.8, 4) is 11.5 Å². The summed E-state index contributed by atoms with van der Waals surface area (Å²) in [6.07, 6.45) is 9.46. The van der Waals surface area contributed by atoms with Crippen molar-refractivity contribution in [1.29, 1.82) is 0 Å². The van der Waals surface area contributed by atoms with Crippen LogP contribution in [0.5, 0.6) is 0 Å². The molecule has 3 heterocycles. The van der Waals surface area contributed by atoms with Gasteiger partial charge in [-0.2, -0.15) is 4.98 Å². The van der Waals surface area contributed by atoms with E-state index < -0.39 is 0 Å². The van der Waals surface area contributed by atoms with Gasteiger partial charge in [0, 0.05) is 12.2 Å². The first-order valence-corrected chi connectivity index (χ1v) is 7.92. The maximum absolute atomic E-state index is 5.55. The zero-order valence-corrected chi connectivity index (χ0v) is 12.1. The van der Waals surface area contributed by atoms with E-state index in [0.29, 0.717) is 17.9 Å². The number of nitrogens with zero attached hydrogens (tertiary/aromatic N) is 4. The summed E-state index contributed by atoms with van der Waals surface area (Å²) in [6.45, 7) is 1.16. The normalized spacial score (nSPS) is 23.9. The smallest absolute Gasteiger partial charge is 0.244 e. The van der Waals surface area contributed by atoms with Crippen LogP contribution in [0.1, 0.15) is 50.5 Å². The maximum Gasteiger partial charge on any atom is 0.244 e. The first-order chi connectivity index (χ1) is 10.4. The van der Waals surface area contributed by atoms with Crippen molar-refractivity contribution in [2.45, 2.75) is 50.6 Å². The van der Waals surface area contributed by atoms with E-state index in [2.05, 4.69) is 20.0 Å². The molecule has 5 heteroatoms. The molecule has 1 saturated carbocycles. The fourth-order valence-corrected chi connectivity index (χ4v) is 3.70. The van der Waals surface area contributed by atoms with E-state index in [1.165, 1.54) is 32.1 Å². The first kappa shape index (κ1) is 13.0. The Hall–Kier alpha value is -1.75. The molecule has 0 radical (unpaired) electrons. The Balaban J connectivity index is 1.57. The first-order valence-electron chi connectivity index (χ1n) is 7.92. The lowest BCUT2D eigenvalue weighted by Gasteiger charge is -2.28. The SMILES string of the molecule is c1ccc(-c2noc([C@@H]3CCCN3C3CCCC3)n2)nc1. The summed E-state index contributed by atoms with van der Waals surface area (Å²) in [4.78, 5) is 11.5. The van der Waals surface area contributed by atoms with E-state index in [0.717, 1.165) is 24.6 Å². The average molecular weight is 284 g/mol. The quantitative estimate of drug-likeness (QED) is 0.866. The predicted octanol–water partition coefficient (Wildman–Crippen LogP) is 3.21. The summed E-state index contributed by atoms with van der Waals surface area (Å²) >= 11 is 0. The number of rotatable bonds is 3. The molecule has 2 aromatic heterocycles. The Morgan fingerprint density at radius 1 is 1.10 bits per heavy atom. The van der Waals surface area contributed by atoms with E-state index in [4.69, 9.17) is 4.52 Å². The van der Waals surface area contributed by atoms with Crippen molar-refractivity contribution >= 4 is 0 Å². The number of likely N-dealkylation sites (tertiary alicyclic amines) is 1. The molecule has 110 valence electrons. The zero-order valence-electron chi connectivity index (χ0n) is 12.1. The molecule has 0 bridgehead atoms. The van der Waals surface area contributed by atoms with Crippen LogP contribution < -0.4 is 0 Å². The molecule has 2 aromatic rings. The van der Waals surface area contributed by atoms with Crippen LogP contribution in [0.4, 0.5) is 0 Å². The van der Waals surface area contributed by atoms with Crippen LogP contribution in [-0.2, 0) is 0 Å². The molecular formula is C16H20N4O. The zero-order chi connectivity index (χ0) is 14.1. The van der Waals surface area contributed by atoms with Gasteiger partial charge in [-0.3, -0.25) is 9.88 Å². The highest BCUT2D eigenvalue weighted by Gasteiger charge is 2.36. The highest BCUT2D eigenvalue weighted by atomic mass is 16.5. The molecule has 1 saturated heterocycles. The highest BCUT2D eigenvalue weighted by Crippen LogP contribution is 2.37. The van der Waals surface area contributed by atoms with E-state index in [1.807, 2.05) is 18.2 Å². The topological polar surface area (TPSA) is 55.1 Å². The van der Waals surface area contributed by atoms with Gasteiger partial charge < -0.3 is 4.52 Å². The summed E-state index contributed by atoms with van der Waals surface area (Å²) < 4.78 is 5.55. The minimum absolute atomic E-state index is 0.304. The van der Waals surface area contributed by atoms with Gasteiger partial charge in [0.25, 0.3) is 0 Å². The molecule has 1 aliphatic heterocycles. The summed E-state index contributed by atoms with van der Waals surface area (Å²) in [7, 11) is 0. The van der Waals surface area contributed by atoms with Gasteiger partial charge in [-0.25, -0.2) is 0 Å². The van der Waals surface area contributed by atoms with Crippen LogP contribution in [-0.4, -0.2) is 32.6 Å². The standard InChI is InChI=1S/C16H20N4O/c1-2-7-12(6-1)20-11-5-9-14(20)16-18-15(19-21-16)13-8-3-4-10-17-13/h3-4,8,10,12,14H,1-2,5-7,9,11H2/t14-/m0/s1. The molecule has 4 rings (SSSR count). The largest absolute Gasteiger partial charge is 0.337 e. The highest BCUT2D eigenvalue weighted by molar-refractivity contribution is 5.47. The van der Waals surface area contributed by atoms with Crippen molar-refractivity contribution in [1.82, 2.24) is 20.0 Å². The predicted molar refractivity (Wildman–Crippen MR) is 78.5 cm³/mol. The summed E-state index contributed by atoms with van der Waals surface area (Å²) in [5, 5.41) is 4.12. The molecule has 1 atom stereocenters. The lowest BCUT2D eigenvalue weighted by molar-refractivity contribution is 0.153. The van der Waals surface area contributed by atoms with Gasteiger partial charge in [-0.15, -0.1) is 0 Å². The molecule has 0 spiro atoms. The summed E-state index contributed by atoms with van der Waals surface area (Å²) in [6, 6.07) is 6.76. The van der Waals surface area contributed by atoms with Gasteiger partial charge in [0.05, 0.1) is 6.04 Å². The van der Waals surface area contributed by atoms with E-state index in [-0.39, 0.29) is 0 Å². The van der Waals surface area contributed by atoms with Crippen molar-refractivity contribution in [3.63, 3.8) is 0 Å². The molecular weight excluding hydrogens is 264 g/mol. The van der Waals surface area contributed by atoms with E-state index in [9.17, 15) is 0 Å². The average Bonchev–Trinajstić information content (AvgIpc) is 3.27. The second-order valence-electron chi connectivity index (χ2n) is 6.01. The lowest BCUT2D eigenvalue weighted by Crippen LogP contribution is -2.32. The molecule has 2 fully saturated rings. The molecule has 21 heavy (non-hydrogen) atoms. The minimum Gasteiger partial charge on any atom is -0.337 e. The Kier molecular flexibility index (Phi) is 3.43. The molecule has 0 N–H and O–H groups in total. The van der Waals surface area contributed by atoms with Crippen LogP contribution in [0.15, 0.2) is 28.9 Å². The maximum atomic E-state index is 5.55. The van der Waals surface area contributed by atoms with Gasteiger partial charge in [0.1, 0.15) is 5.69 Å². The number of hydrogen-bond acceptors (Lipinski definition) is 5. The Labute approximate surface area is 124 Å². The van der Waals surface area contributed by atoms with E-state index in [1.54, 1.807) is 6.20 Å². The Bertz CT molecular complexity index is 591. The lowest BCUT2D eigenvalue weighted by atomic mass is 10.1. The van der Waals surface area contributed by atoms with Crippen LogP contribution in [0.25, 0.3) is 11.5 Å². The van der Waals surface area contributed by atoms with Crippen molar-refractivity contribution in [2.24, 2.45) is 0 Å². The minimum atomic E-state index is 0.304. The third-order valence-corrected chi connectivity index (χ3v) is 4.71. The third kappa shape index (κ3) is 2.46. The molecule has 1 aliphatic carbocycles. The fourth-order valence-electron chi connectivity index (χ4n) is 3.70. The molecule has 5 nitrogen and oxygen atoms in total.